The van der Waals surface area contributed by atoms with Crippen LogP contribution in [0.4, 0.5) is 14.9 Å². The maximum Gasteiger partial charge on any atom is 0.322 e. The van der Waals surface area contributed by atoms with E-state index in [2.05, 4.69) is 27.3 Å². The zero-order chi connectivity index (χ0) is 17.6. The van der Waals surface area contributed by atoms with Crippen LogP contribution in [0.15, 0.2) is 48.8 Å². The molecule has 1 aliphatic heterocycles. The molecule has 0 radical (unpaired) electrons. The van der Waals surface area contributed by atoms with Gasteiger partial charge in [0.15, 0.2) is 5.82 Å². The molecule has 2 aromatic rings. The third-order valence-corrected chi connectivity index (χ3v) is 4.55. The molecule has 132 valence electrons. The second kappa shape index (κ2) is 8.07. The number of hydrogen-bond donors (Lipinski definition) is 1. The van der Waals surface area contributed by atoms with Gasteiger partial charge in [0.25, 0.3) is 0 Å². The Hall–Kier alpha value is -2.47. The number of halogens is 1. The maximum atomic E-state index is 13.7. The topological polar surface area (TPSA) is 48.5 Å². The van der Waals surface area contributed by atoms with Crippen molar-refractivity contribution in [1.82, 2.24) is 14.8 Å². The molecule has 5 nitrogen and oxygen atoms in total. The fourth-order valence-corrected chi connectivity index (χ4v) is 3.28. The Kier molecular flexibility index (Phi) is 5.60. The number of benzene rings is 1. The number of hydrogen-bond acceptors (Lipinski definition) is 3. The summed E-state index contributed by atoms with van der Waals surface area (Å²) in [6, 6.07) is 11.7. The first kappa shape index (κ1) is 17.4. The maximum absolute atomic E-state index is 13.7. The molecule has 1 N–H and O–H groups in total. The highest BCUT2D eigenvalue weighted by molar-refractivity contribution is 5.89. The van der Waals surface area contributed by atoms with E-state index in [0.717, 1.165) is 32.3 Å². The zero-order valence-electron chi connectivity index (χ0n) is 14.4. The molecule has 2 heterocycles. The molecule has 0 spiro atoms. The van der Waals surface area contributed by atoms with Crippen LogP contribution < -0.4 is 5.32 Å². The van der Waals surface area contributed by atoms with Crippen molar-refractivity contribution in [3.8, 4) is 0 Å². The van der Waals surface area contributed by atoms with Crippen LogP contribution in [-0.4, -0.2) is 46.5 Å². The highest BCUT2D eigenvalue weighted by Gasteiger charge is 2.30. The SMILES string of the molecule is CCN(C(=O)Nc1ccncc1F)C1CCN(Cc2ccccc2)C1. The number of pyridine rings is 1. The molecule has 1 aromatic carbocycles. The van der Waals surface area contributed by atoms with Gasteiger partial charge in [-0.15, -0.1) is 0 Å². The van der Waals surface area contributed by atoms with Crippen LogP contribution in [0.1, 0.15) is 18.9 Å². The van der Waals surface area contributed by atoms with E-state index in [1.54, 1.807) is 4.90 Å². The molecule has 1 fully saturated rings. The van der Waals surface area contributed by atoms with Crippen LogP contribution in [0.5, 0.6) is 0 Å². The number of nitrogens with one attached hydrogen (secondary N) is 1. The summed E-state index contributed by atoms with van der Waals surface area (Å²) in [5.74, 6) is -0.524. The summed E-state index contributed by atoms with van der Waals surface area (Å²) in [7, 11) is 0. The second-order valence-electron chi connectivity index (χ2n) is 6.23. The van der Waals surface area contributed by atoms with E-state index in [-0.39, 0.29) is 17.8 Å². The summed E-state index contributed by atoms with van der Waals surface area (Å²) < 4.78 is 13.7. The number of urea groups is 1. The highest BCUT2D eigenvalue weighted by Crippen LogP contribution is 2.20. The lowest BCUT2D eigenvalue weighted by Gasteiger charge is -2.28. The zero-order valence-corrected chi connectivity index (χ0v) is 14.4. The Morgan fingerprint density at radius 2 is 2.16 bits per heavy atom. The number of amides is 2. The predicted molar refractivity (Wildman–Crippen MR) is 95.7 cm³/mol. The van der Waals surface area contributed by atoms with Crippen molar-refractivity contribution >= 4 is 11.7 Å². The van der Waals surface area contributed by atoms with Gasteiger partial charge >= 0.3 is 6.03 Å². The van der Waals surface area contributed by atoms with Crippen molar-refractivity contribution in [2.24, 2.45) is 0 Å². The Morgan fingerprint density at radius 1 is 1.36 bits per heavy atom. The summed E-state index contributed by atoms with van der Waals surface area (Å²) in [5.41, 5.74) is 1.44. The van der Waals surface area contributed by atoms with E-state index >= 15 is 0 Å². The Bertz CT molecular complexity index is 710. The fourth-order valence-electron chi connectivity index (χ4n) is 3.28. The van der Waals surface area contributed by atoms with Gasteiger partial charge in [-0.3, -0.25) is 9.88 Å². The summed E-state index contributed by atoms with van der Waals surface area (Å²) in [5, 5.41) is 2.66. The molecule has 3 rings (SSSR count). The molecule has 1 saturated heterocycles. The third-order valence-electron chi connectivity index (χ3n) is 4.55. The smallest absolute Gasteiger partial charge is 0.320 e. The van der Waals surface area contributed by atoms with Gasteiger partial charge in [0, 0.05) is 38.4 Å². The number of carbonyl (C=O) groups excluding carboxylic acids is 1. The Morgan fingerprint density at radius 3 is 2.88 bits per heavy atom. The average Bonchev–Trinajstić information content (AvgIpc) is 3.06. The van der Waals surface area contributed by atoms with Crippen molar-refractivity contribution in [2.75, 3.05) is 25.0 Å². The van der Waals surface area contributed by atoms with Crippen LogP contribution >= 0.6 is 0 Å². The molecule has 6 heteroatoms. The van der Waals surface area contributed by atoms with Crippen molar-refractivity contribution in [3.63, 3.8) is 0 Å². The monoisotopic (exact) mass is 342 g/mol. The minimum absolute atomic E-state index is 0.138. The van der Waals surface area contributed by atoms with Crippen LogP contribution in [0.3, 0.4) is 0 Å². The number of likely N-dealkylation sites (N-methyl/N-ethyl adjacent to an activating group) is 1. The van der Waals surface area contributed by atoms with E-state index in [4.69, 9.17) is 0 Å². The minimum atomic E-state index is -0.524. The summed E-state index contributed by atoms with van der Waals surface area (Å²) in [4.78, 5) is 20.4. The van der Waals surface area contributed by atoms with E-state index in [1.165, 1.54) is 17.8 Å². The van der Waals surface area contributed by atoms with Gasteiger partial charge < -0.3 is 10.2 Å². The molecular formula is C19H23FN4O. The van der Waals surface area contributed by atoms with Crippen LogP contribution in [-0.2, 0) is 6.54 Å². The van der Waals surface area contributed by atoms with Crippen LogP contribution in [0, 0.1) is 5.82 Å². The van der Waals surface area contributed by atoms with E-state index in [9.17, 15) is 9.18 Å². The first-order chi connectivity index (χ1) is 12.2. The predicted octanol–water partition coefficient (Wildman–Crippen LogP) is 3.35. The molecule has 1 unspecified atom stereocenters. The van der Waals surface area contributed by atoms with Crippen molar-refractivity contribution < 1.29 is 9.18 Å². The number of likely N-dealkylation sites (tertiary alicyclic amines) is 1. The highest BCUT2D eigenvalue weighted by atomic mass is 19.1. The second-order valence-corrected chi connectivity index (χ2v) is 6.23. The number of nitrogens with zero attached hydrogens (tertiary/aromatic N) is 3. The lowest BCUT2D eigenvalue weighted by atomic mass is 10.2. The molecule has 1 aromatic heterocycles. The Balaban J connectivity index is 1.59. The van der Waals surface area contributed by atoms with Gasteiger partial charge in [-0.25, -0.2) is 9.18 Å². The number of anilines is 1. The molecule has 0 saturated carbocycles. The van der Waals surface area contributed by atoms with E-state index < -0.39 is 5.82 Å². The molecule has 2 amide bonds. The lowest BCUT2D eigenvalue weighted by Crippen LogP contribution is -2.44. The Labute approximate surface area is 147 Å². The van der Waals surface area contributed by atoms with Gasteiger partial charge in [-0.1, -0.05) is 30.3 Å². The fraction of sp³-hybridized carbons (Fsp3) is 0.368. The lowest BCUT2D eigenvalue weighted by molar-refractivity contribution is 0.189. The van der Waals surface area contributed by atoms with Crippen molar-refractivity contribution in [2.45, 2.75) is 25.9 Å². The normalized spacial score (nSPS) is 17.4. The van der Waals surface area contributed by atoms with Gasteiger partial charge in [0.2, 0.25) is 0 Å². The molecule has 0 aliphatic carbocycles. The molecule has 25 heavy (non-hydrogen) atoms. The number of carbonyl (C=O) groups is 1. The van der Waals surface area contributed by atoms with Crippen LogP contribution in [0.2, 0.25) is 0 Å². The van der Waals surface area contributed by atoms with Gasteiger partial charge in [-0.2, -0.15) is 0 Å². The van der Waals surface area contributed by atoms with Crippen molar-refractivity contribution in [1.29, 1.82) is 0 Å². The first-order valence-electron chi connectivity index (χ1n) is 8.60. The van der Waals surface area contributed by atoms with Gasteiger partial charge in [-0.05, 0) is 25.0 Å². The summed E-state index contributed by atoms with van der Waals surface area (Å²) >= 11 is 0. The average molecular weight is 342 g/mol. The van der Waals surface area contributed by atoms with Gasteiger partial charge in [0.1, 0.15) is 0 Å². The molecule has 1 aliphatic rings. The van der Waals surface area contributed by atoms with E-state index in [0.29, 0.717) is 6.54 Å². The standard InChI is InChI=1S/C19H23FN4O/c1-2-24(19(25)22-18-8-10-21-12-17(18)20)16-9-11-23(14-16)13-15-6-4-3-5-7-15/h3-8,10,12,16H,2,9,11,13-14H2,1H3,(H,21,22,25). The van der Waals surface area contributed by atoms with E-state index in [1.807, 2.05) is 25.1 Å². The van der Waals surface area contributed by atoms with Crippen LogP contribution in [0.25, 0.3) is 0 Å². The number of aromatic nitrogens is 1. The molecule has 0 bridgehead atoms. The molecule has 1 atom stereocenters. The first-order valence-corrected chi connectivity index (χ1v) is 8.60. The van der Waals surface area contributed by atoms with Crippen molar-refractivity contribution in [3.05, 3.63) is 60.2 Å². The summed E-state index contributed by atoms with van der Waals surface area (Å²) in [6.45, 7) is 5.20. The summed E-state index contributed by atoms with van der Waals surface area (Å²) in [6.07, 6.45) is 3.49. The van der Waals surface area contributed by atoms with Gasteiger partial charge in [0.05, 0.1) is 11.9 Å². The third kappa shape index (κ3) is 4.33. The quantitative estimate of drug-likeness (QED) is 0.906. The minimum Gasteiger partial charge on any atom is -0.320 e. The largest absolute Gasteiger partial charge is 0.322 e. The number of rotatable bonds is 5. The molecular weight excluding hydrogens is 319 g/mol.